The first-order chi connectivity index (χ1) is 15.2. The summed E-state index contributed by atoms with van der Waals surface area (Å²) in [5.74, 6) is -3.07. The van der Waals surface area contributed by atoms with Crippen molar-refractivity contribution in [1.82, 2.24) is 9.97 Å². The van der Waals surface area contributed by atoms with E-state index in [1.54, 1.807) is 18.3 Å². The second-order valence-electron chi connectivity index (χ2n) is 6.96. The standard InChI is InChI=1S/C22H18ClF3N4O2/c1-11(2)19-18(28)16(5-6-29-19)31-7-8-32-21-14(25)4-3-13(24)17(21)20-15(26)9-12(10-27)22(23)30-20/h3-6,9,11H,7-8,28H2,1-2H3. The van der Waals surface area contributed by atoms with Gasteiger partial charge in [-0.3, -0.25) is 4.98 Å². The van der Waals surface area contributed by atoms with Gasteiger partial charge in [0.15, 0.2) is 17.4 Å². The van der Waals surface area contributed by atoms with Gasteiger partial charge in [-0.2, -0.15) is 5.26 Å². The van der Waals surface area contributed by atoms with Crippen LogP contribution in [-0.2, 0) is 0 Å². The molecule has 0 radical (unpaired) electrons. The zero-order valence-electron chi connectivity index (χ0n) is 17.1. The van der Waals surface area contributed by atoms with E-state index in [0.29, 0.717) is 17.1 Å². The summed E-state index contributed by atoms with van der Waals surface area (Å²) in [6.07, 6.45) is 1.55. The summed E-state index contributed by atoms with van der Waals surface area (Å²) in [6.45, 7) is 3.59. The number of halogens is 4. The second kappa shape index (κ2) is 9.75. The van der Waals surface area contributed by atoms with E-state index in [1.165, 1.54) is 0 Å². The number of nitrogen functional groups attached to an aromatic ring is 1. The Kier molecular flexibility index (Phi) is 7.05. The van der Waals surface area contributed by atoms with Crippen LogP contribution in [0, 0.1) is 28.8 Å². The number of hydrogen-bond donors (Lipinski definition) is 1. The minimum absolute atomic E-state index is 0.0643. The minimum atomic E-state index is -1.05. The summed E-state index contributed by atoms with van der Waals surface area (Å²) in [6, 6.07) is 5.69. The van der Waals surface area contributed by atoms with Crippen molar-refractivity contribution >= 4 is 17.3 Å². The number of aromatic nitrogens is 2. The van der Waals surface area contributed by atoms with Gasteiger partial charge in [0.2, 0.25) is 0 Å². The lowest BCUT2D eigenvalue weighted by Gasteiger charge is -2.16. The van der Waals surface area contributed by atoms with E-state index in [2.05, 4.69) is 9.97 Å². The molecule has 0 aliphatic heterocycles. The summed E-state index contributed by atoms with van der Waals surface area (Å²) in [7, 11) is 0. The lowest BCUT2D eigenvalue weighted by molar-refractivity contribution is 0.212. The number of nitriles is 1. The van der Waals surface area contributed by atoms with Crippen molar-refractivity contribution in [3.8, 4) is 28.8 Å². The SMILES string of the molecule is CC(C)c1nccc(OCCOc2c(F)ccc(F)c2-c2nc(Cl)c(C#N)cc2F)c1N. The van der Waals surface area contributed by atoms with Crippen LogP contribution in [0.1, 0.15) is 31.0 Å². The van der Waals surface area contributed by atoms with Crippen LogP contribution in [0.15, 0.2) is 30.5 Å². The third-order valence-electron chi connectivity index (χ3n) is 4.46. The van der Waals surface area contributed by atoms with Gasteiger partial charge < -0.3 is 15.2 Å². The summed E-state index contributed by atoms with van der Waals surface area (Å²) in [5.41, 5.74) is 5.72. The smallest absolute Gasteiger partial charge is 0.167 e. The Morgan fingerprint density at radius 3 is 2.47 bits per heavy atom. The Bertz CT molecular complexity index is 1200. The first-order valence-electron chi connectivity index (χ1n) is 9.49. The van der Waals surface area contributed by atoms with E-state index < -0.39 is 34.5 Å². The van der Waals surface area contributed by atoms with Gasteiger partial charge in [-0.1, -0.05) is 25.4 Å². The number of anilines is 1. The molecule has 0 fully saturated rings. The third kappa shape index (κ3) is 4.70. The molecule has 0 unspecified atom stereocenters. The van der Waals surface area contributed by atoms with Crippen LogP contribution in [-0.4, -0.2) is 23.2 Å². The molecule has 2 heterocycles. The highest BCUT2D eigenvalue weighted by Crippen LogP contribution is 2.37. The molecule has 3 aromatic rings. The van der Waals surface area contributed by atoms with Gasteiger partial charge in [0.25, 0.3) is 0 Å². The number of hydrogen-bond acceptors (Lipinski definition) is 6. The van der Waals surface area contributed by atoms with Crippen molar-refractivity contribution in [2.45, 2.75) is 19.8 Å². The third-order valence-corrected chi connectivity index (χ3v) is 4.75. The Balaban J connectivity index is 1.84. The van der Waals surface area contributed by atoms with Crippen LogP contribution in [0.3, 0.4) is 0 Å². The maximum Gasteiger partial charge on any atom is 0.167 e. The molecule has 0 spiro atoms. The predicted molar refractivity (Wildman–Crippen MR) is 113 cm³/mol. The number of rotatable bonds is 7. The Morgan fingerprint density at radius 2 is 1.78 bits per heavy atom. The van der Waals surface area contributed by atoms with Crippen molar-refractivity contribution in [2.75, 3.05) is 18.9 Å². The van der Waals surface area contributed by atoms with Crippen LogP contribution in [0.2, 0.25) is 5.15 Å². The number of ether oxygens (including phenoxy) is 2. The van der Waals surface area contributed by atoms with Crippen molar-refractivity contribution in [3.05, 3.63) is 64.3 Å². The molecule has 0 bridgehead atoms. The average molecular weight is 463 g/mol. The van der Waals surface area contributed by atoms with E-state index in [4.69, 9.17) is 32.1 Å². The van der Waals surface area contributed by atoms with Gasteiger partial charge in [-0.05, 0) is 24.1 Å². The van der Waals surface area contributed by atoms with Crippen LogP contribution in [0.4, 0.5) is 18.9 Å². The summed E-state index contributed by atoms with van der Waals surface area (Å²) >= 11 is 5.85. The van der Waals surface area contributed by atoms with E-state index in [9.17, 15) is 13.2 Å². The quantitative estimate of drug-likeness (QED) is 0.380. The molecule has 0 saturated carbocycles. The molecule has 0 aliphatic rings. The fraction of sp³-hybridized carbons (Fsp3) is 0.227. The molecule has 6 nitrogen and oxygen atoms in total. The highest BCUT2D eigenvalue weighted by atomic mass is 35.5. The Morgan fingerprint density at radius 1 is 1.09 bits per heavy atom. The zero-order chi connectivity index (χ0) is 23.4. The molecule has 10 heteroatoms. The molecular formula is C22H18ClF3N4O2. The molecule has 3 rings (SSSR count). The number of nitrogens with zero attached hydrogens (tertiary/aromatic N) is 3. The zero-order valence-corrected chi connectivity index (χ0v) is 17.9. The van der Waals surface area contributed by atoms with Crippen molar-refractivity contribution in [3.63, 3.8) is 0 Å². The highest BCUT2D eigenvalue weighted by Gasteiger charge is 2.23. The lowest BCUT2D eigenvalue weighted by Crippen LogP contribution is -2.13. The van der Waals surface area contributed by atoms with Crippen LogP contribution < -0.4 is 15.2 Å². The van der Waals surface area contributed by atoms with E-state index in [-0.39, 0.29) is 29.8 Å². The lowest BCUT2D eigenvalue weighted by atomic mass is 10.1. The summed E-state index contributed by atoms with van der Waals surface area (Å²) in [4.78, 5) is 7.92. The van der Waals surface area contributed by atoms with Crippen LogP contribution in [0.5, 0.6) is 11.5 Å². The van der Waals surface area contributed by atoms with E-state index >= 15 is 0 Å². The molecule has 0 amide bonds. The maximum absolute atomic E-state index is 14.5. The average Bonchev–Trinajstić information content (AvgIpc) is 2.75. The van der Waals surface area contributed by atoms with Crippen LogP contribution >= 0.6 is 11.6 Å². The van der Waals surface area contributed by atoms with Gasteiger partial charge in [0.1, 0.15) is 41.7 Å². The molecule has 0 atom stereocenters. The number of pyridine rings is 2. The predicted octanol–water partition coefficient (Wildman–Crippen LogP) is 5.25. The second-order valence-corrected chi connectivity index (χ2v) is 7.32. The first-order valence-corrected chi connectivity index (χ1v) is 9.86. The van der Waals surface area contributed by atoms with Crippen LogP contribution in [0.25, 0.3) is 11.3 Å². The Hall–Kier alpha value is -3.51. The Labute approximate surface area is 187 Å². The number of nitrogens with two attached hydrogens (primary N) is 1. The van der Waals surface area contributed by atoms with E-state index in [1.807, 2.05) is 13.8 Å². The van der Waals surface area contributed by atoms with E-state index in [0.717, 1.165) is 18.2 Å². The first kappa shape index (κ1) is 23.2. The monoisotopic (exact) mass is 462 g/mol. The fourth-order valence-corrected chi connectivity index (χ4v) is 3.15. The topological polar surface area (TPSA) is 94.0 Å². The molecule has 0 saturated heterocycles. The van der Waals surface area contributed by atoms with Gasteiger partial charge in [0.05, 0.1) is 22.5 Å². The molecule has 2 N–H and O–H groups in total. The normalized spacial score (nSPS) is 10.8. The van der Waals surface area contributed by atoms with Crippen molar-refractivity contribution in [1.29, 1.82) is 5.26 Å². The molecule has 1 aromatic carbocycles. The minimum Gasteiger partial charge on any atom is -0.488 e. The molecule has 166 valence electrons. The molecule has 32 heavy (non-hydrogen) atoms. The molecule has 2 aromatic heterocycles. The largest absolute Gasteiger partial charge is 0.488 e. The van der Waals surface area contributed by atoms with Crippen molar-refractivity contribution in [2.24, 2.45) is 0 Å². The maximum atomic E-state index is 14.5. The number of benzene rings is 1. The molecular weight excluding hydrogens is 445 g/mol. The fourth-order valence-electron chi connectivity index (χ4n) is 2.97. The van der Waals surface area contributed by atoms with Gasteiger partial charge in [-0.15, -0.1) is 0 Å². The highest BCUT2D eigenvalue weighted by molar-refractivity contribution is 6.30. The molecule has 0 aliphatic carbocycles. The van der Waals surface area contributed by atoms with Crippen molar-refractivity contribution < 1.29 is 22.6 Å². The van der Waals surface area contributed by atoms with Gasteiger partial charge in [-0.25, -0.2) is 18.2 Å². The van der Waals surface area contributed by atoms with Gasteiger partial charge in [0, 0.05) is 12.3 Å². The summed E-state index contributed by atoms with van der Waals surface area (Å²) < 4.78 is 54.5. The van der Waals surface area contributed by atoms with Gasteiger partial charge >= 0.3 is 0 Å². The summed E-state index contributed by atoms with van der Waals surface area (Å²) in [5, 5.41) is 8.58.